The molecule has 20 heavy (non-hydrogen) atoms. The highest BCUT2D eigenvalue weighted by atomic mass is 16.2. The Hall–Kier alpha value is -1.69. The van der Waals surface area contributed by atoms with E-state index in [4.69, 9.17) is 0 Å². The Bertz CT molecular complexity index is 524. The number of likely N-dealkylation sites (N-methyl/N-ethyl adjacent to an activating group) is 1. The van der Waals surface area contributed by atoms with Crippen molar-refractivity contribution in [3.8, 4) is 0 Å². The third kappa shape index (κ3) is 2.24. The van der Waals surface area contributed by atoms with Gasteiger partial charge in [-0.3, -0.25) is 9.69 Å². The highest BCUT2D eigenvalue weighted by Crippen LogP contribution is 2.31. The second-order valence-corrected chi connectivity index (χ2v) is 5.61. The summed E-state index contributed by atoms with van der Waals surface area (Å²) in [5.74, 6) is 1.95. The highest BCUT2D eigenvalue weighted by molar-refractivity contribution is 5.87. The molecule has 3 heterocycles. The number of amides is 1. The molecule has 108 valence electrons. The SMILES string of the molecule is C=CC(=O)N1CCCCC1c1nnc2n1CCN(C)C2. The molecule has 0 aromatic carbocycles. The van der Waals surface area contributed by atoms with Crippen LogP contribution in [0.4, 0.5) is 0 Å². The summed E-state index contributed by atoms with van der Waals surface area (Å²) in [7, 11) is 2.09. The minimum atomic E-state index is -0.0000208. The third-order valence-corrected chi connectivity index (χ3v) is 4.23. The van der Waals surface area contributed by atoms with Gasteiger partial charge in [0.2, 0.25) is 5.91 Å². The zero-order valence-electron chi connectivity index (χ0n) is 12.0. The van der Waals surface area contributed by atoms with Gasteiger partial charge in [-0.2, -0.15) is 0 Å². The van der Waals surface area contributed by atoms with Crippen molar-refractivity contribution < 1.29 is 4.79 Å². The minimum absolute atomic E-state index is 0.0000208. The molecule has 6 nitrogen and oxygen atoms in total. The topological polar surface area (TPSA) is 54.3 Å². The van der Waals surface area contributed by atoms with E-state index in [0.717, 1.165) is 57.1 Å². The van der Waals surface area contributed by atoms with E-state index in [0.29, 0.717) is 0 Å². The third-order valence-electron chi connectivity index (χ3n) is 4.23. The summed E-state index contributed by atoms with van der Waals surface area (Å²) in [5.41, 5.74) is 0. The van der Waals surface area contributed by atoms with E-state index in [9.17, 15) is 4.79 Å². The van der Waals surface area contributed by atoms with E-state index < -0.39 is 0 Å². The van der Waals surface area contributed by atoms with Crippen LogP contribution in [-0.2, 0) is 17.9 Å². The van der Waals surface area contributed by atoms with Crippen molar-refractivity contribution in [2.45, 2.75) is 38.4 Å². The first-order chi connectivity index (χ1) is 9.70. The Morgan fingerprint density at radius 1 is 1.30 bits per heavy atom. The number of hydrogen-bond acceptors (Lipinski definition) is 4. The van der Waals surface area contributed by atoms with Crippen LogP contribution in [0.25, 0.3) is 0 Å². The number of rotatable bonds is 2. The van der Waals surface area contributed by atoms with Crippen LogP contribution in [0.15, 0.2) is 12.7 Å². The van der Waals surface area contributed by atoms with Crippen LogP contribution < -0.4 is 0 Å². The maximum atomic E-state index is 12.0. The quantitative estimate of drug-likeness (QED) is 0.755. The van der Waals surface area contributed by atoms with Crippen molar-refractivity contribution in [1.29, 1.82) is 0 Å². The first-order valence-corrected chi connectivity index (χ1v) is 7.24. The lowest BCUT2D eigenvalue weighted by Crippen LogP contribution is -2.40. The Morgan fingerprint density at radius 3 is 2.95 bits per heavy atom. The summed E-state index contributed by atoms with van der Waals surface area (Å²) in [6, 6.07) is 0.0545. The van der Waals surface area contributed by atoms with Gasteiger partial charge in [0.25, 0.3) is 0 Å². The molecule has 2 aliphatic heterocycles. The molecule has 2 aliphatic rings. The van der Waals surface area contributed by atoms with Crippen LogP contribution in [0, 0.1) is 0 Å². The van der Waals surface area contributed by atoms with Crippen molar-refractivity contribution in [3.63, 3.8) is 0 Å². The molecular formula is C14H21N5O. The lowest BCUT2D eigenvalue weighted by molar-refractivity contribution is -0.130. The first-order valence-electron chi connectivity index (χ1n) is 7.24. The highest BCUT2D eigenvalue weighted by Gasteiger charge is 2.32. The number of carbonyl (C=O) groups is 1. The number of aromatic nitrogens is 3. The van der Waals surface area contributed by atoms with E-state index in [-0.39, 0.29) is 11.9 Å². The Labute approximate surface area is 119 Å². The van der Waals surface area contributed by atoms with E-state index in [1.165, 1.54) is 6.08 Å². The molecule has 0 bridgehead atoms. The van der Waals surface area contributed by atoms with Gasteiger partial charge < -0.3 is 9.47 Å². The van der Waals surface area contributed by atoms with E-state index in [1.54, 1.807) is 0 Å². The molecule has 1 aromatic rings. The average Bonchev–Trinajstić information content (AvgIpc) is 2.89. The van der Waals surface area contributed by atoms with Gasteiger partial charge in [0.05, 0.1) is 12.6 Å². The molecule has 3 rings (SSSR count). The second-order valence-electron chi connectivity index (χ2n) is 5.61. The second kappa shape index (κ2) is 5.36. The molecule has 6 heteroatoms. The van der Waals surface area contributed by atoms with E-state index in [2.05, 4.69) is 33.3 Å². The van der Waals surface area contributed by atoms with Crippen LogP contribution in [0.1, 0.15) is 37.0 Å². The molecular weight excluding hydrogens is 254 g/mol. The summed E-state index contributed by atoms with van der Waals surface area (Å²) in [6.45, 7) is 7.13. The molecule has 1 aromatic heterocycles. The minimum Gasteiger partial charge on any atom is -0.329 e. The maximum absolute atomic E-state index is 12.0. The maximum Gasteiger partial charge on any atom is 0.246 e. The molecule has 0 saturated carbocycles. The van der Waals surface area contributed by atoms with Gasteiger partial charge in [-0.15, -0.1) is 10.2 Å². The standard InChI is InChI=1S/C14H21N5O/c1-3-13(20)18-7-5-4-6-11(18)14-16-15-12-10-17(2)8-9-19(12)14/h3,11H,1,4-10H2,2H3. The summed E-state index contributed by atoms with van der Waals surface area (Å²) < 4.78 is 2.19. The molecule has 0 N–H and O–H groups in total. The Balaban J connectivity index is 1.91. The van der Waals surface area contributed by atoms with Gasteiger partial charge in [0, 0.05) is 19.6 Å². The van der Waals surface area contributed by atoms with Crippen LogP contribution in [0.2, 0.25) is 0 Å². The van der Waals surface area contributed by atoms with Crippen molar-refractivity contribution >= 4 is 5.91 Å². The van der Waals surface area contributed by atoms with Crippen molar-refractivity contribution in [3.05, 3.63) is 24.3 Å². The molecule has 1 saturated heterocycles. The number of fused-ring (bicyclic) bond motifs is 1. The summed E-state index contributed by atoms with van der Waals surface area (Å²) >= 11 is 0. The lowest BCUT2D eigenvalue weighted by atomic mass is 10.0. The predicted octanol–water partition coefficient (Wildman–Crippen LogP) is 0.963. The number of piperidine rings is 1. The fourth-order valence-corrected chi connectivity index (χ4v) is 3.13. The summed E-state index contributed by atoms with van der Waals surface area (Å²) in [5, 5.41) is 8.69. The average molecular weight is 275 g/mol. The van der Waals surface area contributed by atoms with Gasteiger partial charge in [-0.05, 0) is 32.4 Å². The van der Waals surface area contributed by atoms with Gasteiger partial charge in [0.1, 0.15) is 5.82 Å². The molecule has 1 atom stereocenters. The smallest absolute Gasteiger partial charge is 0.246 e. The van der Waals surface area contributed by atoms with Gasteiger partial charge in [-0.1, -0.05) is 6.58 Å². The van der Waals surface area contributed by atoms with Crippen molar-refractivity contribution in [2.75, 3.05) is 20.1 Å². The fourth-order valence-electron chi connectivity index (χ4n) is 3.13. The zero-order chi connectivity index (χ0) is 14.1. The monoisotopic (exact) mass is 275 g/mol. The molecule has 0 radical (unpaired) electrons. The molecule has 1 amide bonds. The normalized spacial score (nSPS) is 23.4. The van der Waals surface area contributed by atoms with Gasteiger partial charge in [-0.25, -0.2) is 0 Å². The zero-order valence-corrected chi connectivity index (χ0v) is 12.0. The number of likely N-dealkylation sites (tertiary alicyclic amines) is 1. The fraction of sp³-hybridized carbons (Fsp3) is 0.643. The Kier molecular flexibility index (Phi) is 3.56. The number of carbonyl (C=O) groups excluding carboxylic acids is 1. The van der Waals surface area contributed by atoms with Crippen LogP contribution >= 0.6 is 0 Å². The number of hydrogen-bond donors (Lipinski definition) is 0. The predicted molar refractivity (Wildman–Crippen MR) is 74.9 cm³/mol. The summed E-state index contributed by atoms with van der Waals surface area (Å²) in [4.78, 5) is 16.2. The first kappa shape index (κ1) is 13.3. The van der Waals surface area contributed by atoms with E-state index in [1.807, 2.05) is 4.90 Å². The van der Waals surface area contributed by atoms with Crippen molar-refractivity contribution in [2.24, 2.45) is 0 Å². The Morgan fingerprint density at radius 2 is 2.15 bits per heavy atom. The largest absolute Gasteiger partial charge is 0.329 e. The van der Waals surface area contributed by atoms with Crippen LogP contribution in [0.3, 0.4) is 0 Å². The number of nitrogens with zero attached hydrogens (tertiary/aromatic N) is 5. The molecule has 0 spiro atoms. The van der Waals surface area contributed by atoms with Gasteiger partial charge >= 0.3 is 0 Å². The molecule has 1 fully saturated rings. The molecule has 0 aliphatic carbocycles. The van der Waals surface area contributed by atoms with Gasteiger partial charge in [0.15, 0.2) is 5.82 Å². The summed E-state index contributed by atoms with van der Waals surface area (Å²) in [6.07, 6.45) is 4.56. The molecule has 1 unspecified atom stereocenters. The van der Waals surface area contributed by atoms with Crippen molar-refractivity contribution in [1.82, 2.24) is 24.6 Å². The van der Waals surface area contributed by atoms with Crippen LogP contribution in [-0.4, -0.2) is 50.6 Å². The van der Waals surface area contributed by atoms with E-state index >= 15 is 0 Å². The lowest BCUT2D eigenvalue weighted by Gasteiger charge is -2.35. The van der Waals surface area contributed by atoms with Crippen LogP contribution in [0.5, 0.6) is 0 Å².